The van der Waals surface area contributed by atoms with Crippen LogP contribution in [0.25, 0.3) is 0 Å². The molecular formula is C14H18N4O2. The van der Waals surface area contributed by atoms with Crippen molar-refractivity contribution in [2.75, 3.05) is 25.6 Å². The summed E-state index contributed by atoms with van der Waals surface area (Å²) < 4.78 is 4.88. The lowest BCUT2D eigenvalue weighted by molar-refractivity contribution is 0.0526. The molecule has 0 amide bonds. The molecule has 0 saturated heterocycles. The third kappa shape index (κ3) is 5.43. The highest BCUT2D eigenvalue weighted by Crippen LogP contribution is 2.12. The summed E-state index contributed by atoms with van der Waals surface area (Å²) in [6.07, 6.45) is 3.15. The number of aromatic nitrogens is 3. The Morgan fingerprint density at radius 2 is 1.75 bits per heavy atom. The van der Waals surface area contributed by atoms with Gasteiger partial charge in [0.1, 0.15) is 0 Å². The molecule has 0 radical (unpaired) electrons. The summed E-state index contributed by atoms with van der Waals surface area (Å²) in [5.74, 6) is -0.266. The van der Waals surface area contributed by atoms with Crippen molar-refractivity contribution in [3.63, 3.8) is 0 Å². The lowest BCUT2D eigenvalue weighted by atomic mass is 10.2. The first-order valence-corrected chi connectivity index (χ1v) is 6.18. The van der Waals surface area contributed by atoms with Crippen molar-refractivity contribution in [2.24, 2.45) is 0 Å². The maximum Gasteiger partial charge on any atom is 0.338 e. The van der Waals surface area contributed by atoms with Crippen molar-refractivity contribution < 1.29 is 9.53 Å². The number of hydrogen-bond donors (Lipinski definition) is 0. The van der Waals surface area contributed by atoms with E-state index in [0.29, 0.717) is 12.2 Å². The molecule has 1 aromatic carbocycles. The van der Waals surface area contributed by atoms with Gasteiger partial charge in [0.2, 0.25) is 0 Å². The third-order valence-electron chi connectivity index (χ3n) is 2.30. The fourth-order valence-electron chi connectivity index (χ4n) is 1.31. The SMILES string of the molecule is CCOC(=O)c1ccc(N(C)C)cc1.c1cnnnc1. The van der Waals surface area contributed by atoms with Crippen LogP contribution in [-0.2, 0) is 4.74 Å². The summed E-state index contributed by atoms with van der Waals surface area (Å²) in [7, 11) is 3.92. The molecule has 2 aromatic rings. The number of carbonyl (C=O) groups excluding carboxylic acids is 1. The second-order valence-corrected chi connectivity index (χ2v) is 3.97. The molecule has 0 N–H and O–H groups in total. The van der Waals surface area contributed by atoms with E-state index in [0.717, 1.165) is 5.69 Å². The molecule has 0 saturated carbocycles. The van der Waals surface area contributed by atoms with Gasteiger partial charge in [-0.15, -0.1) is 10.2 Å². The van der Waals surface area contributed by atoms with Gasteiger partial charge in [0, 0.05) is 19.8 Å². The van der Waals surface area contributed by atoms with Crippen LogP contribution in [0, 0.1) is 0 Å². The lowest BCUT2D eigenvalue weighted by Gasteiger charge is -2.12. The van der Waals surface area contributed by atoms with Crippen molar-refractivity contribution in [1.82, 2.24) is 15.4 Å². The first-order chi connectivity index (χ1) is 9.65. The number of hydrogen-bond acceptors (Lipinski definition) is 6. The van der Waals surface area contributed by atoms with Gasteiger partial charge in [0.25, 0.3) is 0 Å². The smallest absolute Gasteiger partial charge is 0.338 e. The zero-order valence-electron chi connectivity index (χ0n) is 11.9. The highest BCUT2D eigenvalue weighted by molar-refractivity contribution is 5.89. The zero-order chi connectivity index (χ0) is 14.8. The zero-order valence-corrected chi connectivity index (χ0v) is 11.9. The topological polar surface area (TPSA) is 68.2 Å². The maximum absolute atomic E-state index is 11.3. The van der Waals surface area contributed by atoms with Crippen LogP contribution in [-0.4, -0.2) is 42.1 Å². The summed E-state index contributed by atoms with van der Waals surface area (Å²) in [5.41, 5.74) is 1.66. The molecule has 0 aliphatic heterocycles. The van der Waals surface area contributed by atoms with Gasteiger partial charge in [0.15, 0.2) is 0 Å². The summed E-state index contributed by atoms with van der Waals surface area (Å²) in [5, 5.41) is 10.1. The fourth-order valence-corrected chi connectivity index (χ4v) is 1.31. The van der Waals surface area contributed by atoms with Gasteiger partial charge in [-0.3, -0.25) is 0 Å². The second kappa shape index (κ2) is 8.58. The van der Waals surface area contributed by atoms with E-state index in [2.05, 4.69) is 15.4 Å². The molecule has 106 valence electrons. The number of ether oxygens (including phenoxy) is 1. The number of nitrogens with zero attached hydrogens (tertiary/aromatic N) is 4. The quantitative estimate of drug-likeness (QED) is 0.795. The average Bonchev–Trinajstić information content (AvgIpc) is 2.50. The van der Waals surface area contributed by atoms with Crippen molar-refractivity contribution in [3.05, 3.63) is 48.3 Å². The Morgan fingerprint density at radius 3 is 2.10 bits per heavy atom. The van der Waals surface area contributed by atoms with E-state index in [9.17, 15) is 4.79 Å². The van der Waals surface area contributed by atoms with E-state index in [4.69, 9.17) is 4.74 Å². The van der Waals surface area contributed by atoms with Crippen LogP contribution < -0.4 is 4.90 Å². The minimum Gasteiger partial charge on any atom is -0.462 e. The minimum atomic E-state index is -0.266. The minimum absolute atomic E-state index is 0.266. The lowest BCUT2D eigenvalue weighted by Crippen LogP contribution is -2.09. The molecule has 6 heteroatoms. The molecule has 6 nitrogen and oxygen atoms in total. The Morgan fingerprint density at radius 1 is 1.15 bits per heavy atom. The number of carbonyl (C=O) groups is 1. The van der Waals surface area contributed by atoms with Crippen molar-refractivity contribution in [2.45, 2.75) is 6.92 Å². The molecule has 0 aliphatic carbocycles. The van der Waals surface area contributed by atoms with E-state index < -0.39 is 0 Å². The largest absolute Gasteiger partial charge is 0.462 e. The van der Waals surface area contributed by atoms with E-state index in [-0.39, 0.29) is 5.97 Å². The van der Waals surface area contributed by atoms with Crippen LogP contribution >= 0.6 is 0 Å². The predicted octanol–water partition coefficient (Wildman–Crippen LogP) is 1.80. The van der Waals surface area contributed by atoms with Crippen LogP contribution in [0.5, 0.6) is 0 Å². The standard InChI is InChI=1S/C11H15NO2.C3H3N3/c1-4-14-11(13)9-5-7-10(8-6-9)12(2)3;1-2-4-6-5-3-1/h5-8H,4H2,1-3H3;1-3H. The van der Waals surface area contributed by atoms with Crippen molar-refractivity contribution in [3.8, 4) is 0 Å². The Labute approximate surface area is 118 Å². The van der Waals surface area contributed by atoms with Crippen molar-refractivity contribution >= 4 is 11.7 Å². The Hall–Kier alpha value is -2.50. The molecule has 0 spiro atoms. The van der Waals surface area contributed by atoms with Gasteiger partial charge >= 0.3 is 5.97 Å². The molecular weight excluding hydrogens is 256 g/mol. The first kappa shape index (κ1) is 15.6. The molecule has 20 heavy (non-hydrogen) atoms. The van der Waals surface area contributed by atoms with Crippen LogP contribution in [0.3, 0.4) is 0 Å². The van der Waals surface area contributed by atoms with Gasteiger partial charge in [-0.25, -0.2) is 4.79 Å². The van der Waals surface area contributed by atoms with E-state index in [1.807, 2.05) is 31.1 Å². The predicted molar refractivity (Wildman–Crippen MR) is 76.6 cm³/mol. The van der Waals surface area contributed by atoms with Gasteiger partial charge in [-0.1, -0.05) is 0 Å². The van der Waals surface area contributed by atoms with Crippen LogP contribution in [0.15, 0.2) is 42.7 Å². The van der Waals surface area contributed by atoms with E-state index in [1.165, 1.54) is 0 Å². The monoisotopic (exact) mass is 274 g/mol. The van der Waals surface area contributed by atoms with Gasteiger partial charge < -0.3 is 9.64 Å². The summed E-state index contributed by atoms with van der Waals surface area (Å²) in [6, 6.07) is 9.05. The van der Waals surface area contributed by atoms with Gasteiger partial charge in [-0.05, 0) is 42.5 Å². The number of benzene rings is 1. The second-order valence-electron chi connectivity index (χ2n) is 3.97. The molecule has 0 fully saturated rings. The Balaban J connectivity index is 0.000000276. The first-order valence-electron chi connectivity index (χ1n) is 6.18. The Bertz CT molecular complexity index is 474. The third-order valence-corrected chi connectivity index (χ3v) is 2.30. The van der Waals surface area contributed by atoms with Gasteiger partial charge in [-0.2, -0.15) is 0 Å². The summed E-state index contributed by atoms with van der Waals surface area (Å²) in [6.45, 7) is 2.21. The van der Waals surface area contributed by atoms with Gasteiger partial charge in [0.05, 0.1) is 24.6 Å². The molecule has 0 aliphatic rings. The van der Waals surface area contributed by atoms with E-state index >= 15 is 0 Å². The number of esters is 1. The molecule has 1 heterocycles. The highest BCUT2D eigenvalue weighted by atomic mass is 16.5. The van der Waals surface area contributed by atoms with Crippen molar-refractivity contribution in [1.29, 1.82) is 0 Å². The summed E-state index contributed by atoms with van der Waals surface area (Å²) in [4.78, 5) is 13.3. The average molecular weight is 274 g/mol. The Kier molecular flexibility index (Phi) is 6.67. The number of anilines is 1. The molecule has 2 rings (SSSR count). The molecule has 0 unspecified atom stereocenters. The van der Waals surface area contributed by atoms with Crippen LogP contribution in [0.2, 0.25) is 0 Å². The highest BCUT2D eigenvalue weighted by Gasteiger charge is 2.05. The number of rotatable bonds is 3. The van der Waals surface area contributed by atoms with E-state index in [1.54, 1.807) is 37.5 Å². The maximum atomic E-state index is 11.3. The fraction of sp³-hybridized carbons (Fsp3) is 0.286. The molecule has 0 bridgehead atoms. The normalized spacial score (nSPS) is 9.15. The van der Waals surface area contributed by atoms with Crippen LogP contribution in [0.1, 0.15) is 17.3 Å². The molecule has 1 aromatic heterocycles. The molecule has 0 atom stereocenters. The summed E-state index contributed by atoms with van der Waals surface area (Å²) >= 11 is 0. The van der Waals surface area contributed by atoms with Crippen LogP contribution in [0.4, 0.5) is 5.69 Å².